The number of hydrogen-bond donors (Lipinski definition) is 3. The monoisotopic (exact) mass is 270 g/mol. The molecule has 0 aliphatic rings. The molecule has 0 fully saturated rings. The number of carbonyl (C=O) groups is 1. The van der Waals surface area contributed by atoms with Crippen molar-refractivity contribution in [1.82, 2.24) is 5.32 Å². The highest BCUT2D eigenvalue weighted by Gasteiger charge is 2.09. The Balaban J connectivity index is 2.11. The van der Waals surface area contributed by atoms with E-state index in [0.717, 1.165) is 23.4 Å². The van der Waals surface area contributed by atoms with Crippen molar-refractivity contribution in [2.24, 2.45) is 0 Å². The molecule has 3 N–H and O–H groups in total. The number of carbonyl (C=O) groups excluding carboxylic acids is 1. The van der Waals surface area contributed by atoms with E-state index in [1.807, 2.05) is 31.3 Å². The van der Waals surface area contributed by atoms with Gasteiger partial charge in [-0.25, -0.2) is 0 Å². The Labute approximate surface area is 118 Å². The smallest absolute Gasteiger partial charge is 0.255 e. The molecule has 2 aromatic rings. The van der Waals surface area contributed by atoms with Gasteiger partial charge >= 0.3 is 0 Å². The molecule has 0 aromatic heterocycles. The van der Waals surface area contributed by atoms with Gasteiger partial charge in [-0.1, -0.05) is 12.1 Å². The molecule has 0 aliphatic carbocycles. The number of phenols is 1. The third-order valence-electron chi connectivity index (χ3n) is 3.05. The van der Waals surface area contributed by atoms with Gasteiger partial charge in [-0.15, -0.1) is 0 Å². The molecule has 104 valence electrons. The number of hydrogen-bond acceptors (Lipinski definition) is 3. The van der Waals surface area contributed by atoms with Crippen LogP contribution in [0.4, 0.5) is 5.69 Å². The number of anilines is 1. The zero-order valence-corrected chi connectivity index (χ0v) is 11.6. The topological polar surface area (TPSA) is 61.4 Å². The maximum atomic E-state index is 12.2. The number of amides is 1. The minimum absolute atomic E-state index is 0.162. The Kier molecular flexibility index (Phi) is 4.38. The molecule has 2 rings (SSSR count). The molecule has 0 aliphatic heterocycles. The average molecular weight is 270 g/mol. The fraction of sp³-hybridized carbons (Fsp3) is 0.188. The Morgan fingerprint density at radius 1 is 1.15 bits per heavy atom. The molecule has 20 heavy (non-hydrogen) atoms. The van der Waals surface area contributed by atoms with E-state index >= 15 is 0 Å². The molecule has 0 spiro atoms. The van der Waals surface area contributed by atoms with Gasteiger partial charge in [0.15, 0.2) is 0 Å². The average Bonchev–Trinajstić information content (AvgIpc) is 2.41. The van der Waals surface area contributed by atoms with Gasteiger partial charge in [0.1, 0.15) is 5.75 Å². The van der Waals surface area contributed by atoms with Crippen LogP contribution in [0.2, 0.25) is 0 Å². The predicted molar refractivity (Wildman–Crippen MR) is 80.0 cm³/mol. The fourth-order valence-electron chi connectivity index (χ4n) is 2.01. The Morgan fingerprint density at radius 3 is 2.45 bits per heavy atom. The Bertz CT molecular complexity index is 606. The minimum atomic E-state index is -0.177. The molecule has 2 aromatic carbocycles. The summed E-state index contributed by atoms with van der Waals surface area (Å²) < 4.78 is 0. The highest BCUT2D eigenvalue weighted by Crippen LogP contribution is 2.17. The van der Waals surface area contributed by atoms with Crippen molar-refractivity contribution in [3.05, 3.63) is 59.2 Å². The third-order valence-corrected chi connectivity index (χ3v) is 3.05. The maximum Gasteiger partial charge on any atom is 0.255 e. The zero-order chi connectivity index (χ0) is 14.5. The maximum absolute atomic E-state index is 12.2. The van der Waals surface area contributed by atoms with Gasteiger partial charge in [-0.3, -0.25) is 4.79 Å². The Hall–Kier alpha value is -2.33. The highest BCUT2D eigenvalue weighted by molar-refractivity contribution is 6.05. The first kappa shape index (κ1) is 14.1. The van der Waals surface area contributed by atoms with Crippen molar-refractivity contribution in [1.29, 1.82) is 0 Å². The van der Waals surface area contributed by atoms with Crippen LogP contribution in [0, 0.1) is 6.92 Å². The quantitative estimate of drug-likeness (QED) is 0.800. The molecule has 4 nitrogen and oxygen atoms in total. The first-order valence-corrected chi connectivity index (χ1v) is 6.44. The van der Waals surface area contributed by atoms with E-state index in [1.54, 1.807) is 19.1 Å². The fourth-order valence-corrected chi connectivity index (χ4v) is 2.01. The zero-order valence-electron chi connectivity index (χ0n) is 11.6. The molecule has 0 bridgehead atoms. The SMILES string of the molecule is CNCc1ccc(NC(=O)c2ccc(O)cc2C)cc1. The van der Waals surface area contributed by atoms with Gasteiger partial charge in [0.25, 0.3) is 5.91 Å². The number of nitrogens with one attached hydrogen (secondary N) is 2. The largest absolute Gasteiger partial charge is 0.508 e. The summed E-state index contributed by atoms with van der Waals surface area (Å²) >= 11 is 0. The summed E-state index contributed by atoms with van der Waals surface area (Å²) in [6, 6.07) is 12.4. The second-order valence-corrected chi connectivity index (χ2v) is 4.68. The van der Waals surface area contributed by atoms with E-state index in [-0.39, 0.29) is 11.7 Å². The van der Waals surface area contributed by atoms with Gasteiger partial charge in [0, 0.05) is 17.8 Å². The van der Waals surface area contributed by atoms with Crippen molar-refractivity contribution in [2.75, 3.05) is 12.4 Å². The van der Waals surface area contributed by atoms with Crippen molar-refractivity contribution in [2.45, 2.75) is 13.5 Å². The van der Waals surface area contributed by atoms with Gasteiger partial charge in [0.05, 0.1) is 0 Å². The lowest BCUT2D eigenvalue weighted by Crippen LogP contribution is -2.13. The lowest BCUT2D eigenvalue weighted by molar-refractivity contribution is 0.102. The van der Waals surface area contributed by atoms with Crippen LogP contribution >= 0.6 is 0 Å². The number of benzene rings is 2. The summed E-state index contributed by atoms with van der Waals surface area (Å²) in [7, 11) is 1.89. The van der Waals surface area contributed by atoms with E-state index in [2.05, 4.69) is 10.6 Å². The predicted octanol–water partition coefficient (Wildman–Crippen LogP) is 2.67. The van der Waals surface area contributed by atoms with Crippen LogP contribution in [0.5, 0.6) is 5.75 Å². The second kappa shape index (κ2) is 6.21. The number of aromatic hydroxyl groups is 1. The Morgan fingerprint density at radius 2 is 1.85 bits per heavy atom. The summed E-state index contributed by atoms with van der Waals surface area (Å²) in [6.07, 6.45) is 0. The molecule has 1 amide bonds. The van der Waals surface area contributed by atoms with E-state index in [9.17, 15) is 9.90 Å². The van der Waals surface area contributed by atoms with Crippen LogP contribution in [0.3, 0.4) is 0 Å². The van der Waals surface area contributed by atoms with Crippen molar-refractivity contribution >= 4 is 11.6 Å². The molecule has 0 saturated carbocycles. The summed E-state index contributed by atoms with van der Waals surface area (Å²) in [5.41, 5.74) is 3.21. The number of rotatable bonds is 4. The number of phenolic OH excluding ortho intramolecular Hbond substituents is 1. The summed E-state index contributed by atoms with van der Waals surface area (Å²) in [4.78, 5) is 12.2. The molecule has 0 heterocycles. The first-order valence-electron chi connectivity index (χ1n) is 6.44. The highest BCUT2D eigenvalue weighted by atomic mass is 16.3. The van der Waals surface area contributed by atoms with Crippen molar-refractivity contribution < 1.29 is 9.90 Å². The van der Waals surface area contributed by atoms with E-state index in [0.29, 0.717) is 5.56 Å². The van der Waals surface area contributed by atoms with Crippen LogP contribution in [0.1, 0.15) is 21.5 Å². The van der Waals surface area contributed by atoms with Crippen LogP contribution in [-0.4, -0.2) is 18.1 Å². The van der Waals surface area contributed by atoms with E-state index < -0.39 is 0 Å². The van der Waals surface area contributed by atoms with Crippen LogP contribution < -0.4 is 10.6 Å². The summed E-state index contributed by atoms with van der Waals surface area (Å²) in [5, 5.41) is 15.3. The molecule has 0 unspecified atom stereocenters. The lowest BCUT2D eigenvalue weighted by atomic mass is 10.1. The molecular weight excluding hydrogens is 252 g/mol. The second-order valence-electron chi connectivity index (χ2n) is 4.68. The van der Waals surface area contributed by atoms with Crippen molar-refractivity contribution in [3.8, 4) is 5.75 Å². The number of aryl methyl sites for hydroxylation is 1. The summed E-state index contributed by atoms with van der Waals surface area (Å²) in [6.45, 7) is 2.59. The van der Waals surface area contributed by atoms with Crippen LogP contribution in [-0.2, 0) is 6.54 Å². The standard InChI is InChI=1S/C16H18N2O2/c1-11-9-14(19)7-8-15(11)16(20)18-13-5-3-12(4-6-13)10-17-2/h3-9,17,19H,10H2,1-2H3,(H,18,20). The molecule has 0 radical (unpaired) electrons. The normalized spacial score (nSPS) is 10.3. The first-order chi connectivity index (χ1) is 9.60. The molecule has 4 heteroatoms. The minimum Gasteiger partial charge on any atom is -0.508 e. The molecule has 0 saturated heterocycles. The summed E-state index contributed by atoms with van der Waals surface area (Å²) in [5.74, 6) is -0.0145. The van der Waals surface area contributed by atoms with Gasteiger partial charge in [0.2, 0.25) is 0 Å². The van der Waals surface area contributed by atoms with Gasteiger partial charge in [-0.2, -0.15) is 0 Å². The van der Waals surface area contributed by atoms with E-state index in [1.165, 1.54) is 6.07 Å². The molecule has 0 atom stereocenters. The molecular formula is C16H18N2O2. The third kappa shape index (κ3) is 3.36. The van der Waals surface area contributed by atoms with E-state index in [4.69, 9.17) is 0 Å². The van der Waals surface area contributed by atoms with Crippen LogP contribution in [0.25, 0.3) is 0 Å². The van der Waals surface area contributed by atoms with Crippen LogP contribution in [0.15, 0.2) is 42.5 Å². The van der Waals surface area contributed by atoms with Gasteiger partial charge in [-0.05, 0) is 55.4 Å². The van der Waals surface area contributed by atoms with Gasteiger partial charge < -0.3 is 15.7 Å². The lowest BCUT2D eigenvalue weighted by Gasteiger charge is -2.09. The van der Waals surface area contributed by atoms with Crippen molar-refractivity contribution in [3.63, 3.8) is 0 Å².